The van der Waals surface area contributed by atoms with Crippen LogP contribution in [0.1, 0.15) is 32.8 Å². The van der Waals surface area contributed by atoms with Gasteiger partial charge in [0.2, 0.25) is 5.91 Å². The van der Waals surface area contributed by atoms with Gasteiger partial charge in [-0.3, -0.25) is 4.79 Å². The van der Waals surface area contributed by atoms with Crippen LogP contribution >= 0.6 is 0 Å². The Balaban J connectivity index is 2.72. The van der Waals surface area contributed by atoms with Crippen molar-refractivity contribution >= 4 is 11.5 Å². The standard InChI is InChI=1S/C15H21NO2/c1-5-12(3)16-15(17)10-11(2)13-6-8-14(18-4)9-7-13/h6-10,12H,5H2,1-4H3,(H,16,17)/b11-10+. The van der Waals surface area contributed by atoms with Gasteiger partial charge in [-0.2, -0.15) is 0 Å². The lowest BCUT2D eigenvalue weighted by Crippen LogP contribution is -2.30. The first kappa shape index (κ1) is 14.3. The Bertz CT molecular complexity index is 421. The van der Waals surface area contributed by atoms with Crippen molar-refractivity contribution in [3.63, 3.8) is 0 Å². The molecule has 0 aromatic heterocycles. The van der Waals surface area contributed by atoms with Crippen molar-refractivity contribution in [2.75, 3.05) is 7.11 Å². The molecule has 0 radical (unpaired) electrons. The fourth-order valence-corrected chi connectivity index (χ4v) is 1.52. The molecule has 98 valence electrons. The van der Waals surface area contributed by atoms with Crippen molar-refractivity contribution in [1.29, 1.82) is 0 Å². The molecule has 0 aliphatic carbocycles. The van der Waals surface area contributed by atoms with E-state index in [4.69, 9.17) is 4.74 Å². The minimum atomic E-state index is -0.0438. The van der Waals surface area contributed by atoms with Crippen LogP contribution in [0.5, 0.6) is 5.75 Å². The van der Waals surface area contributed by atoms with Crippen molar-refractivity contribution in [2.24, 2.45) is 0 Å². The van der Waals surface area contributed by atoms with E-state index in [1.54, 1.807) is 13.2 Å². The van der Waals surface area contributed by atoms with Gasteiger partial charge in [-0.05, 0) is 43.5 Å². The summed E-state index contributed by atoms with van der Waals surface area (Å²) in [5, 5.41) is 2.91. The number of rotatable bonds is 5. The molecule has 1 rings (SSSR count). The SMILES string of the molecule is CCC(C)NC(=O)/C=C(\C)c1ccc(OC)cc1. The third kappa shape index (κ3) is 4.24. The molecule has 3 nitrogen and oxygen atoms in total. The summed E-state index contributed by atoms with van der Waals surface area (Å²) in [6.45, 7) is 5.97. The van der Waals surface area contributed by atoms with Crippen molar-refractivity contribution in [1.82, 2.24) is 5.32 Å². The zero-order chi connectivity index (χ0) is 13.5. The van der Waals surface area contributed by atoms with E-state index in [1.165, 1.54) is 0 Å². The number of allylic oxidation sites excluding steroid dienone is 1. The Morgan fingerprint density at radius 3 is 2.50 bits per heavy atom. The van der Waals surface area contributed by atoms with Gasteiger partial charge in [0.1, 0.15) is 5.75 Å². The lowest BCUT2D eigenvalue weighted by molar-refractivity contribution is -0.117. The summed E-state index contributed by atoms with van der Waals surface area (Å²) in [5.74, 6) is 0.772. The van der Waals surface area contributed by atoms with Gasteiger partial charge < -0.3 is 10.1 Å². The normalized spacial score (nSPS) is 13.0. The number of ether oxygens (including phenoxy) is 1. The molecule has 0 fully saturated rings. The first-order chi connectivity index (χ1) is 8.56. The van der Waals surface area contributed by atoms with Crippen LogP contribution in [0.4, 0.5) is 0 Å². The monoisotopic (exact) mass is 247 g/mol. The number of hydrogen-bond donors (Lipinski definition) is 1. The maximum Gasteiger partial charge on any atom is 0.244 e. The number of hydrogen-bond acceptors (Lipinski definition) is 2. The maximum absolute atomic E-state index is 11.7. The van der Waals surface area contributed by atoms with Crippen LogP contribution in [0.3, 0.4) is 0 Å². The quantitative estimate of drug-likeness (QED) is 0.812. The van der Waals surface area contributed by atoms with Crippen molar-refractivity contribution in [2.45, 2.75) is 33.2 Å². The molecule has 0 aliphatic heterocycles. The lowest BCUT2D eigenvalue weighted by atomic mass is 10.1. The Morgan fingerprint density at radius 1 is 1.39 bits per heavy atom. The zero-order valence-electron chi connectivity index (χ0n) is 11.5. The molecule has 1 atom stereocenters. The van der Waals surface area contributed by atoms with Crippen LogP contribution in [0, 0.1) is 0 Å². The van der Waals surface area contributed by atoms with Gasteiger partial charge in [0.15, 0.2) is 0 Å². The summed E-state index contributed by atoms with van der Waals surface area (Å²) in [6.07, 6.45) is 2.56. The van der Waals surface area contributed by atoms with E-state index < -0.39 is 0 Å². The molecule has 0 heterocycles. The highest BCUT2D eigenvalue weighted by atomic mass is 16.5. The number of benzene rings is 1. The van der Waals surface area contributed by atoms with E-state index in [-0.39, 0.29) is 11.9 Å². The molecule has 1 aromatic carbocycles. The minimum Gasteiger partial charge on any atom is -0.497 e. The molecule has 1 aromatic rings. The molecule has 1 unspecified atom stereocenters. The van der Waals surface area contributed by atoms with Gasteiger partial charge in [-0.25, -0.2) is 0 Å². The molecule has 0 saturated heterocycles. The highest BCUT2D eigenvalue weighted by Crippen LogP contribution is 2.17. The molecule has 18 heavy (non-hydrogen) atoms. The molecular weight excluding hydrogens is 226 g/mol. The topological polar surface area (TPSA) is 38.3 Å². The van der Waals surface area contributed by atoms with Crippen molar-refractivity contribution < 1.29 is 9.53 Å². The number of amides is 1. The van der Waals surface area contributed by atoms with Gasteiger partial charge in [-0.15, -0.1) is 0 Å². The first-order valence-electron chi connectivity index (χ1n) is 6.20. The molecule has 0 aliphatic rings. The third-order valence-corrected chi connectivity index (χ3v) is 2.89. The van der Waals surface area contributed by atoms with E-state index in [9.17, 15) is 4.79 Å². The highest BCUT2D eigenvalue weighted by Gasteiger charge is 2.04. The molecule has 0 saturated carbocycles. The van der Waals surface area contributed by atoms with Crippen LogP contribution in [0.25, 0.3) is 5.57 Å². The van der Waals surface area contributed by atoms with E-state index in [2.05, 4.69) is 5.32 Å². The summed E-state index contributed by atoms with van der Waals surface area (Å²) in [7, 11) is 1.64. The van der Waals surface area contributed by atoms with Gasteiger partial charge >= 0.3 is 0 Å². The van der Waals surface area contributed by atoms with Crippen molar-refractivity contribution in [3.05, 3.63) is 35.9 Å². The van der Waals surface area contributed by atoms with Gasteiger partial charge in [-0.1, -0.05) is 19.1 Å². The summed E-state index contributed by atoms with van der Waals surface area (Å²) >= 11 is 0. The molecular formula is C15H21NO2. The Labute approximate surface area is 109 Å². The van der Waals surface area contributed by atoms with Crippen LogP contribution in [0.15, 0.2) is 30.3 Å². The molecule has 0 spiro atoms. The maximum atomic E-state index is 11.7. The number of methoxy groups -OCH3 is 1. The predicted molar refractivity (Wildman–Crippen MR) is 74.5 cm³/mol. The fraction of sp³-hybridized carbons (Fsp3) is 0.400. The zero-order valence-corrected chi connectivity index (χ0v) is 11.5. The van der Waals surface area contributed by atoms with Crippen LogP contribution in [0.2, 0.25) is 0 Å². The second-order valence-electron chi connectivity index (χ2n) is 4.37. The third-order valence-electron chi connectivity index (χ3n) is 2.89. The molecule has 3 heteroatoms. The number of carbonyl (C=O) groups excluding carboxylic acids is 1. The second-order valence-corrected chi connectivity index (χ2v) is 4.37. The van der Waals surface area contributed by atoms with E-state index in [0.29, 0.717) is 0 Å². The molecule has 1 N–H and O–H groups in total. The Kier molecular flexibility index (Phi) is 5.43. The van der Waals surface area contributed by atoms with Crippen LogP contribution in [-0.4, -0.2) is 19.1 Å². The highest BCUT2D eigenvalue weighted by molar-refractivity contribution is 5.94. The largest absolute Gasteiger partial charge is 0.497 e. The second kappa shape index (κ2) is 6.84. The lowest BCUT2D eigenvalue weighted by Gasteiger charge is -2.10. The van der Waals surface area contributed by atoms with Gasteiger partial charge in [0.25, 0.3) is 0 Å². The number of nitrogens with one attached hydrogen (secondary N) is 1. The van der Waals surface area contributed by atoms with Crippen LogP contribution < -0.4 is 10.1 Å². The fourth-order valence-electron chi connectivity index (χ4n) is 1.52. The summed E-state index contributed by atoms with van der Waals surface area (Å²) in [4.78, 5) is 11.7. The Hall–Kier alpha value is -1.77. The number of carbonyl (C=O) groups is 1. The van der Waals surface area contributed by atoms with Crippen molar-refractivity contribution in [3.8, 4) is 5.75 Å². The minimum absolute atomic E-state index is 0.0438. The van der Waals surface area contributed by atoms with Gasteiger partial charge in [0.05, 0.1) is 7.11 Å². The molecule has 0 bridgehead atoms. The van der Waals surface area contributed by atoms with Crippen LogP contribution in [-0.2, 0) is 4.79 Å². The Morgan fingerprint density at radius 2 is 2.00 bits per heavy atom. The summed E-state index contributed by atoms with van der Waals surface area (Å²) in [5.41, 5.74) is 1.97. The van der Waals surface area contributed by atoms with E-state index in [1.807, 2.05) is 45.0 Å². The average Bonchev–Trinajstić information content (AvgIpc) is 2.38. The van der Waals surface area contributed by atoms with E-state index >= 15 is 0 Å². The predicted octanol–water partition coefficient (Wildman–Crippen LogP) is 3.01. The summed E-state index contributed by atoms with van der Waals surface area (Å²) < 4.78 is 5.10. The molecule has 1 amide bonds. The smallest absolute Gasteiger partial charge is 0.244 e. The van der Waals surface area contributed by atoms with Gasteiger partial charge in [0, 0.05) is 12.1 Å². The first-order valence-corrected chi connectivity index (χ1v) is 6.20. The average molecular weight is 247 g/mol. The summed E-state index contributed by atoms with van der Waals surface area (Å²) in [6, 6.07) is 7.87. The van der Waals surface area contributed by atoms with E-state index in [0.717, 1.165) is 23.3 Å².